The SMILES string of the molecule is CC(C)CCc1noc(COCCN)n1. The predicted molar refractivity (Wildman–Crippen MR) is 56.2 cm³/mol. The lowest BCUT2D eigenvalue weighted by atomic mass is 10.1. The Hall–Kier alpha value is -0.940. The summed E-state index contributed by atoms with van der Waals surface area (Å²) in [5, 5.41) is 3.87. The summed E-state index contributed by atoms with van der Waals surface area (Å²) in [5.74, 6) is 1.94. The largest absolute Gasteiger partial charge is 0.370 e. The minimum absolute atomic E-state index is 0.353. The second kappa shape index (κ2) is 6.53. The van der Waals surface area contributed by atoms with Gasteiger partial charge in [-0.15, -0.1) is 0 Å². The van der Waals surface area contributed by atoms with Crippen LogP contribution in [0.3, 0.4) is 0 Å². The number of hydrogen-bond donors (Lipinski definition) is 1. The van der Waals surface area contributed by atoms with Crippen LogP contribution in [0.15, 0.2) is 4.52 Å². The normalized spacial score (nSPS) is 11.2. The van der Waals surface area contributed by atoms with Gasteiger partial charge in [-0.05, 0) is 12.3 Å². The first kappa shape index (κ1) is 12.1. The Morgan fingerprint density at radius 1 is 1.47 bits per heavy atom. The van der Waals surface area contributed by atoms with Crippen molar-refractivity contribution in [2.75, 3.05) is 13.2 Å². The second-order valence-electron chi connectivity index (χ2n) is 3.88. The molecule has 5 heteroatoms. The molecule has 1 rings (SSSR count). The molecule has 0 spiro atoms. The van der Waals surface area contributed by atoms with E-state index in [1.165, 1.54) is 0 Å². The second-order valence-corrected chi connectivity index (χ2v) is 3.88. The van der Waals surface area contributed by atoms with Gasteiger partial charge in [0, 0.05) is 13.0 Å². The van der Waals surface area contributed by atoms with Gasteiger partial charge in [-0.25, -0.2) is 0 Å². The van der Waals surface area contributed by atoms with Gasteiger partial charge in [-0.1, -0.05) is 19.0 Å². The number of rotatable bonds is 7. The third-order valence-corrected chi connectivity index (χ3v) is 1.94. The van der Waals surface area contributed by atoms with Crippen molar-refractivity contribution in [2.45, 2.75) is 33.3 Å². The maximum atomic E-state index is 5.29. The van der Waals surface area contributed by atoms with Crippen molar-refractivity contribution in [3.8, 4) is 0 Å². The molecule has 0 aliphatic heterocycles. The molecule has 0 unspecified atom stereocenters. The summed E-state index contributed by atoms with van der Waals surface area (Å²) >= 11 is 0. The molecule has 0 aromatic carbocycles. The van der Waals surface area contributed by atoms with E-state index in [2.05, 4.69) is 24.0 Å². The highest BCUT2D eigenvalue weighted by Crippen LogP contribution is 2.06. The highest BCUT2D eigenvalue weighted by atomic mass is 16.5. The van der Waals surface area contributed by atoms with Crippen molar-refractivity contribution >= 4 is 0 Å². The standard InChI is InChI=1S/C10H19N3O2/c1-8(2)3-4-9-12-10(15-13-9)7-14-6-5-11/h8H,3-7,11H2,1-2H3. The van der Waals surface area contributed by atoms with E-state index < -0.39 is 0 Å². The Kier molecular flexibility index (Phi) is 5.28. The van der Waals surface area contributed by atoms with Gasteiger partial charge < -0.3 is 15.0 Å². The Bertz CT molecular complexity index is 273. The molecule has 2 N–H and O–H groups in total. The number of ether oxygens (including phenoxy) is 1. The van der Waals surface area contributed by atoms with Gasteiger partial charge in [0.05, 0.1) is 6.61 Å². The quantitative estimate of drug-likeness (QED) is 0.687. The van der Waals surface area contributed by atoms with Gasteiger partial charge in [0.2, 0.25) is 0 Å². The predicted octanol–water partition coefficient (Wildman–Crippen LogP) is 1.13. The molecule has 0 saturated heterocycles. The van der Waals surface area contributed by atoms with E-state index in [1.807, 2.05) is 0 Å². The lowest BCUT2D eigenvalue weighted by Gasteiger charge is -1.98. The van der Waals surface area contributed by atoms with E-state index in [-0.39, 0.29) is 0 Å². The van der Waals surface area contributed by atoms with Gasteiger partial charge in [-0.2, -0.15) is 4.98 Å². The summed E-state index contributed by atoms with van der Waals surface area (Å²) in [4.78, 5) is 4.21. The van der Waals surface area contributed by atoms with Crippen molar-refractivity contribution in [2.24, 2.45) is 11.7 Å². The average molecular weight is 213 g/mol. The van der Waals surface area contributed by atoms with Crippen LogP contribution >= 0.6 is 0 Å². The van der Waals surface area contributed by atoms with Crippen molar-refractivity contribution in [3.05, 3.63) is 11.7 Å². The number of aromatic nitrogens is 2. The molecule has 15 heavy (non-hydrogen) atoms. The Balaban J connectivity index is 2.29. The summed E-state index contributed by atoms with van der Waals surface area (Å²) in [6.07, 6.45) is 1.93. The molecule has 0 aliphatic rings. The molecule has 1 heterocycles. The zero-order valence-electron chi connectivity index (χ0n) is 9.40. The first-order valence-electron chi connectivity index (χ1n) is 5.31. The fraction of sp³-hybridized carbons (Fsp3) is 0.800. The smallest absolute Gasteiger partial charge is 0.252 e. The van der Waals surface area contributed by atoms with Crippen molar-refractivity contribution in [3.63, 3.8) is 0 Å². The minimum Gasteiger partial charge on any atom is -0.370 e. The highest BCUT2D eigenvalue weighted by molar-refractivity contribution is 4.85. The molecule has 0 bridgehead atoms. The summed E-state index contributed by atoms with van der Waals surface area (Å²) < 4.78 is 10.2. The van der Waals surface area contributed by atoms with Gasteiger partial charge in [0.25, 0.3) is 5.89 Å². The first-order chi connectivity index (χ1) is 7.22. The first-order valence-corrected chi connectivity index (χ1v) is 5.31. The molecule has 0 fully saturated rings. The molecule has 0 aliphatic carbocycles. The highest BCUT2D eigenvalue weighted by Gasteiger charge is 2.06. The van der Waals surface area contributed by atoms with E-state index >= 15 is 0 Å². The lowest BCUT2D eigenvalue weighted by Crippen LogP contribution is -2.08. The van der Waals surface area contributed by atoms with Gasteiger partial charge >= 0.3 is 0 Å². The lowest BCUT2D eigenvalue weighted by molar-refractivity contribution is 0.104. The molecule has 0 atom stereocenters. The van der Waals surface area contributed by atoms with Crippen molar-refractivity contribution in [1.29, 1.82) is 0 Å². The van der Waals surface area contributed by atoms with Gasteiger partial charge in [0.1, 0.15) is 6.61 Å². The summed E-state index contributed by atoms with van der Waals surface area (Å²) in [6, 6.07) is 0. The third kappa shape index (κ3) is 4.90. The molecule has 1 aromatic rings. The van der Waals surface area contributed by atoms with E-state index in [1.54, 1.807) is 0 Å². The van der Waals surface area contributed by atoms with Crippen LogP contribution in [0, 0.1) is 5.92 Å². The molecule has 5 nitrogen and oxygen atoms in total. The molecular formula is C10H19N3O2. The number of nitrogens with two attached hydrogens (primary N) is 1. The van der Waals surface area contributed by atoms with Crippen LogP contribution in [-0.4, -0.2) is 23.3 Å². The molecular weight excluding hydrogens is 194 g/mol. The zero-order chi connectivity index (χ0) is 11.1. The van der Waals surface area contributed by atoms with Crippen LogP contribution in [0.4, 0.5) is 0 Å². The maximum absolute atomic E-state index is 5.29. The number of hydrogen-bond acceptors (Lipinski definition) is 5. The fourth-order valence-corrected chi connectivity index (χ4v) is 1.11. The van der Waals surface area contributed by atoms with E-state index in [4.69, 9.17) is 15.0 Å². The number of aryl methyl sites for hydroxylation is 1. The average Bonchev–Trinajstić information content (AvgIpc) is 2.63. The van der Waals surface area contributed by atoms with Crippen LogP contribution in [0.25, 0.3) is 0 Å². The molecule has 0 saturated carbocycles. The topological polar surface area (TPSA) is 74.2 Å². The maximum Gasteiger partial charge on any atom is 0.252 e. The molecule has 86 valence electrons. The van der Waals surface area contributed by atoms with E-state index in [9.17, 15) is 0 Å². The van der Waals surface area contributed by atoms with Crippen LogP contribution < -0.4 is 5.73 Å². The number of nitrogens with zero attached hydrogens (tertiary/aromatic N) is 2. The molecule has 0 amide bonds. The Morgan fingerprint density at radius 2 is 2.27 bits per heavy atom. The van der Waals surface area contributed by atoms with Crippen LogP contribution in [0.5, 0.6) is 0 Å². The fourth-order valence-electron chi connectivity index (χ4n) is 1.11. The van der Waals surface area contributed by atoms with Crippen molar-refractivity contribution in [1.82, 2.24) is 10.1 Å². The summed E-state index contributed by atoms with van der Waals surface area (Å²) in [5.41, 5.74) is 5.29. The Morgan fingerprint density at radius 3 is 2.93 bits per heavy atom. The van der Waals surface area contributed by atoms with Crippen LogP contribution in [-0.2, 0) is 17.8 Å². The molecule has 0 radical (unpaired) electrons. The minimum atomic E-state index is 0.353. The van der Waals surface area contributed by atoms with Crippen LogP contribution in [0.2, 0.25) is 0 Å². The molecule has 1 aromatic heterocycles. The Labute approximate surface area is 90.0 Å². The van der Waals surface area contributed by atoms with Crippen LogP contribution in [0.1, 0.15) is 32.0 Å². The summed E-state index contributed by atoms with van der Waals surface area (Å²) in [6.45, 7) is 5.72. The van der Waals surface area contributed by atoms with E-state index in [0.717, 1.165) is 18.7 Å². The van der Waals surface area contributed by atoms with Gasteiger partial charge in [0.15, 0.2) is 5.82 Å². The third-order valence-electron chi connectivity index (χ3n) is 1.94. The van der Waals surface area contributed by atoms with Crippen molar-refractivity contribution < 1.29 is 9.26 Å². The zero-order valence-corrected chi connectivity index (χ0v) is 9.40. The monoisotopic (exact) mass is 213 g/mol. The van der Waals surface area contributed by atoms with Gasteiger partial charge in [-0.3, -0.25) is 0 Å². The summed E-state index contributed by atoms with van der Waals surface area (Å²) in [7, 11) is 0. The van der Waals surface area contributed by atoms with E-state index in [0.29, 0.717) is 31.6 Å².